The van der Waals surface area contributed by atoms with Crippen molar-refractivity contribution in [2.75, 3.05) is 0 Å². The van der Waals surface area contributed by atoms with E-state index in [0.717, 1.165) is 17.1 Å². The molecule has 8 heteroatoms. The van der Waals surface area contributed by atoms with Crippen LogP contribution in [-0.4, -0.2) is 14.8 Å². The van der Waals surface area contributed by atoms with Crippen molar-refractivity contribution >= 4 is 0 Å². The predicted molar refractivity (Wildman–Crippen MR) is 49.1 cm³/mol. The average molecular weight is 247 g/mol. The molecule has 1 aromatic carbocycles. The van der Waals surface area contributed by atoms with Crippen LogP contribution in [0.15, 0.2) is 29.3 Å². The van der Waals surface area contributed by atoms with Gasteiger partial charge in [0.15, 0.2) is 0 Å². The summed E-state index contributed by atoms with van der Waals surface area (Å²) in [5.74, 6) is -1.45. The van der Waals surface area contributed by atoms with Gasteiger partial charge in [-0.1, -0.05) is 0 Å². The molecule has 2 aromatic rings. The number of H-pyrrole nitrogens is 1. The van der Waals surface area contributed by atoms with Crippen LogP contribution in [-0.2, 0) is 6.18 Å². The molecular weight excluding hydrogens is 242 g/mol. The van der Waals surface area contributed by atoms with Crippen LogP contribution in [0.25, 0.3) is 5.69 Å². The fourth-order valence-corrected chi connectivity index (χ4v) is 1.30. The minimum Gasteiger partial charge on any atom is -0.295 e. The lowest BCUT2D eigenvalue weighted by molar-refractivity contribution is -0.139. The number of nitrogens with zero attached hydrogens (tertiary/aromatic N) is 2. The highest BCUT2D eigenvalue weighted by molar-refractivity contribution is 5.35. The van der Waals surface area contributed by atoms with Gasteiger partial charge in [0.1, 0.15) is 12.1 Å². The Balaban J connectivity index is 2.52. The molecule has 1 aromatic heterocycles. The average Bonchev–Trinajstić information content (AvgIpc) is 2.62. The molecule has 0 aliphatic rings. The molecule has 0 unspecified atom stereocenters. The van der Waals surface area contributed by atoms with E-state index < -0.39 is 23.2 Å². The third-order valence-corrected chi connectivity index (χ3v) is 2.06. The molecule has 0 saturated heterocycles. The lowest BCUT2D eigenvalue weighted by Gasteiger charge is -2.08. The van der Waals surface area contributed by atoms with Crippen LogP contribution < -0.4 is 5.69 Å². The molecular formula is C9H5F4N3O. The quantitative estimate of drug-likeness (QED) is 0.780. The second-order valence-electron chi connectivity index (χ2n) is 3.17. The van der Waals surface area contributed by atoms with E-state index in [1.54, 1.807) is 0 Å². The van der Waals surface area contributed by atoms with Gasteiger partial charge in [0, 0.05) is 6.07 Å². The smallest absolute Gasteiger partial charge is 0.295 e. The van der Waals surface area contributed by atoms with Crippen LogP contribution in [0.1, 0.15) is 5.56 Å². The highest BCUT2D eigenvalue weighted by atomic mass is 19.4. The van der Waals surface area contributed by atoms with Crippen LogP contribution in [0, 0.1) is 5.82 Å². The lowest BCUT2D eigenvalue weighted by Crippen LogP contribution is -2.17. The number of hydrogen-bond acceptors (Lipinski definition) is 2. The fourth-order valence-electron chi connectivity index (χ4n) is 1.30. The van der Waals surface area contributed by atoms with E-state index in [1.807, 2.05) is 0 Å². The SMILES string of the molecule is O=c1[nH]cnn1-c1ccc(C(F)(F)F)c(F)c1. The largest absolute Gasteiger partial charge is 0.419 e. The van der Waals surface area contributed by atoms with Crippen molar-refractivity contribution in [1.82, 2.24) is 14.8 Å². The maximum Gasteiger partial charge on any atom is 0.419 e. The first-order valence-corrected chi connectivity index (χ1v) is 4.39. The standard InChI is InChI=1S/C9H5F4N3O/c10-7-3-5(16-8(17)14-4-15-16)1-2-6(7)9(11,12)13/h1-4H,(H,14,15,17). The van der Waals surface area contributed by atoms with Gasteiger partial charge < -0.3 is 0 Å². The van der Waals surface area contributed by atoms with Gasteiger partial charge in [0.2, 0.25) is 0 Å². The van der Waals surface area contributed by atoms with Crippen LogP contribution in [0.2, 0.25) is 0 Å². The van der Waals surface area contributed by atoms with Gasteiger partial charge in [-0.25, -0.2) is 9.18 Å². The van der Waals surface area contributed by atoms with Crippen molar-refractivity contribution < 1.29 is 17.6 Å². The number of hydrogen-bond donors (Lipinski definition) is 1. The lowest BCUT2D eigenvalue weighted by atomic mass is 10.2. The van der Waals surface area contributed by atoms with Crippen LogP contribution in [0.5, 0.6) is 0 Å². The van der Waals surface area contributed by atoms with Crippen LogP contribution in [0.4, 0.5) is 17.6 Å². The number of nitrogens with one attached hydrogen (secondary N) is 1. The van der Waals surface area contributed by atoms with E-state index in [0.29, 0.717) is 12.1 Å². The highest BCUT2D eigenvalue weighted by Crippen LogP contribution is 2.31. The van der Waals surface area contributed by atoms with E-state index >= 15 is 0 Å². The normalized spacial score (nSPS) is 11.8. The zero-order chi connectivity index (χ0) is 12.6. The van der Waals surface area contributed by atoms with Crippen molar-refractivity contribution in [2.24, 2.45) is 0 Å². The van der Waals surface area contributed by atoms with E-state index in [1.165, 1.54) is 0 Å². The van der Waals surface area contributed by atoms with Crippen molar-refractivity contribution in [3.63, 3.8) is 0 Å². The number of benzene rings is 1. The number of halogens is 4. The first-order valence-electron chi connectivity index (χ1n) is 4.39. The number of aromatic nitrogens is 3. The highest BCUT2D eigenvalue weighted by Gasteiger charge is 2.34. The first-order chi connectivity index (χ1) is 7.89. The monoisotopic (exact) mass is 247 g/mol. The Bertz CT molecular complexity index is 599. The van der Waals surface area contributed by atoms with E-state index in [9.17, 15) is 22.4 Å². The molecule has 0 spiro atoms. The molecule has 4 nitrogen and oxygen atoms in total. The predicted octanol–water partition coefficient (Wildman–Crippen LogP) is 1.72. The summed E-state index contributed by atoms with van der Waals surface area (Å²) < 4.78 is 50.8. The van der Waals surface area contributed by atoms with E-state index in [4.69, 9.17) is 0 Å². The molecule has 0 amide bonds. The summed E-state index contributed by atoms with van der Waals surface area (Å²) >= 11 is 0. The zero-order valence-corrected chi connectivity index (χ0v) is 8.12. The molecule has 0 aliphatic carbocycles. The van der Waals surface area contributed by atoms with Gasteiger partial charge in [-0.15, -0.1) is 0 Å². The number of rotatable bonds is 1. The third-order valence-electron chi connectivity index (χ3n) is 2.06. The first kappa shape index (κ1) is 11.4. The van der Waals surface area contributed by atoms with Gasteiger partial charge in [-0.3, -0.25) is 4.98 Å². The summed E-state index contributed by atoms with van der Waals surface area (Å²) in [4.78, 5) is 13.3. The molecule has 0 fully saturated rings. The number of aromatic amines is 1. The molecule has 0 radical (unpaired) electrons. The fraction of sp³-hybridized carbons (Fsp3) is 0.111. The van der Waals surface area contributed by atoms with Gasteiger partial charge in [-0.05, 0) is 12.1 Å². The molecule has 17 heavy (non-hydrogen) atoms. The van der Waals surface area contributed by atoms with E-state index in [2.05, 4.69) is 10.1 Å². The Kier molecular flexibility index (Phi) is 2.49. The molecule has 1 heterocycles. The Hall–Kier alpha value is -2.12. The molecule has 2 rings (SSSR count). The third kappa shape index (κ3) is 2.05. The van der Waals surface area contributed by atoms with Gasteiger partial charge >= 0.3 is 11.9 Å². The minimum absolute atomic E-state index is 0.0817. The van der Waals surface area contributed by atoms with Crippen molar-refractivity contribution in [3.05, 3.63) is 46.4 Å². The summed E-state index contributed by atoms with van der Waals surface area (Å²) in [5, 5.41) is 3.52. The summed E-state index contributed by atoms with van der Waals surface area (Å²) in [6.45, 7) is 0. The topological polar surface area (TPSA) is 50.7 Å². The molecule has 0 saturated carbocycles. The molecule has 0 bridgehead atoms. The minimum atomic E-state index is -4.76. The Morgan fingerprint density at radius 2 is 2.00 bits per heavy atom. The Labute approximate surface area is 91.5 Å². The van der Waals surface area contributed by atoms with Gasteiger partial charge in [0.05, 0.1) is 11.3 Å². The summed E-state index contributed by atoms with van der Waals surface area (Å²) in [7, 11) is 0. The molecule has 0 aliphatic heterocycles. The van der Waals surface area contributed by atoms with Crippen molar-refractivity contribution in [1.29, 1.82) is 0 Å². The summed E-state index contributed by atoms with van der Waals surface area (Å²) in [6.07, 6.45) is -3.71. The summed E-state index contributed by atoms with van der Waals surface area (Å²) in [6, 6.07) is 2.13. The molecule has 90 valence electrons. The molecule has 0 atom stereocenters. The molecule has 1 N–H and O–H groups in total. The zero-order valence-electron chi connectivity index (χ0n) is 8.12. The van der Waals surface area contributed by atoms with E-state index in [-0.39, 0.29) is 5.69 Å². The Morgan fingerprint density at radius 1 is 1.29 bits per heavy atom. The van der Waals surface area contributed by atoms with Gasteiger partial charge in [-0.2, -0.15) is 23.0 Å². The second-order valence-corrected chi connectivity index (χ2v) is 3.17. The van der Waals surface area contributed by atoms with Crippen molar-refractivity contribution in [3.8, 4) is 5.69 Å². The maximum atomic E-state index is 13.2. The van der Waals surface area contributed by atoms with Gasteiger partial charge in [0.25, 0.3) is 0 Å². The number of alkyl halides is 3. The second kappa shape index (κ2) is 3.72. The Morgan fingerprint density at radius 3 is 2.47 bits per heavy atom. The van der Waals surface area contributed by atoms with Crippen LogP contribution >= 0.6 is 0 Å². The van der Waals surface area contributed by atoms with Crippen LogP contribution in [0.3, 0.4) is 0 Å². The maximum absolute atomic E-state index is 13.2. The van der Waals surface area contributed by atoms with Crippen molar-refractivity contribution in [2.45, 2.75) is 6.18 Å². The summed E-state index contributed by atoms with van der Waals surface area (Å²) in [5.41, 5.74) is -2.13.